The van der Waals surface area contributed by atoms with Crippen LogP contribution in [0.2, 0.25) is 0 Å². The average molecular weight is 340 g/mol. The molecule has 2 aromatic rings. The molecular formula is C14H18BrN3O2. The second-order valence-corrected chi connectivity index (χ2v) is 6.25. The summed E-state index contributed by atoms with van der Waals surface area (Å²) in [6.07, 6.45) is 3.47. The third-order valence-electron chi connectivity index (χ3n) is 3.32. The number of hydrogen-bond donors (Lipinski definition) is 2. The number of anilines is 1. The number of aliphatic hydroxyl groups excluding tert-OH is 2. The summed E-state index contributed by atoms with van der Waals surface area (Å²) in [6.45, 7) is 2.22. The Labute approximate surface area is 126 Å². The van der Waals surface area contributed by atoms with Crippen molar-refractivity contribution in [2.75, 3.05) is 31.7 Å². The highest BCUT2D eigenvalue weighted by molar-refractivity contribution is 9.10. The monoisotopic (exact) mass is 339 g/mol. The predicted octanol–water partition coefficient (Wildman–Crippen LogP) is 1.82. The Morgan fingerprint density at radius 1 is 1.30 bits per heavy atom. The van der Waals surface area contributed by atoms with E-state index in [4.69, 9.17) is 0 Å². The molecule has 0 saturated heterocycles. The van der Waals surface area contributed by atoms with Gasteiger partial charge in [0, 0.05) is 35.9 Å². The summed E-state index contributed by atoms with van der Waals surface area (Å²) < 4.78 is 0.882. The van der Waals surface area contributed by atoms with Crippen molar-refractivity contribution in [2.45, 2.75) is 6.92 Å². The Balaban J connectivity index is 2.37. The van der Waals surface area contributed by atoms with E-state index in [9.17, 15) is 10.2 Å². The van der Waals surface area contributed by atoms with Crippen LogP contribution in [0, 0.1) is 5.41 Å². The van der Waals surface area contributed by atoms with Crippen LogP contribution in [0.4, 0.5) is 5.69 Å². The molecule has 0 saturated carbocycles. The van der Waals surface area contributed by atoms with Crippen LogP contribution >= 0.6 is 15.9 Å². The van der Waals surface area contributed by atoms with Crippen LogP contribution in [0.25, 0.3) is 11.0 Å². The lowest BCUT2D eigenvalue weighted by Crippen LogP contribution is -2.39. The fourth-order valence-electron chi connectivity index (χ4n) is 2.11. The van der Waals surface area contributed by atoms with Crippen LogP contribution in [-0.2, 0) is 0 Å². The molecule has 2 aromatic heterocycles. The summed E-state index contributed by atoms with van der Waals surface area (Å²) >= 11 is 3.38. The van der Waals surface area contributed by atoms with Gasteiger partial charge in [0.05, 0.1) is 24.4 Å². The minimum Gasteiger partial charge on any atom is -0.396 e. The van der Waals surface area contributed by atoms with Crippen molar-refractivity contribution in [1.82, 2.24) is 9.97 Å². The van der Waals surface area contributed by atoms with E-state index in [2.05, 4.69) is 25.9 Å². The first kappa shape index (κ1) is 15.2. The van der Waals surface area contributed by atoms with Crippen molar-refractivity contribution < 1.29 is 10.2 Å². The molecule has 2 rings (SSSR count). The van der Waals surface area contributed by atoms with Gasteiger partial charge in [-0.15, -0.1) is 0 Å². The van der Waals surface area contributed by atoms with Crippen molar-refractivity contribution in [2.24, 2.45) is 5.41 Å². The minimum absolute atomic E-state index is 0.0736. The largest absolute Gasteiger partial charge is 0.396 e. The van der Waals surface area contributed by atoms with Crippen molar-refractivity contribution in [3.63, 3.8) is 0 Å². The van der Waals surface area contributed by atoms with Crippen LogP contribution in [0.15, 0.2) is 29.0 Å². The summed E-state index contributed by atoms with van der Waals surface area (Å²) in [5, 5.41) is 18.8. The Hall–Kier alpha value is -1.24. The summed E-state index contributed by atoms with van der Waals surface area (Å²) in [7, 11) is 1.92. The lowest BCUT2D eigenvalue weighted by molar-refractivity contribution is 0.0763. The van der Waals surface area contributed by atoms with Crippen LogP contribution in [0.5, 0.6) is 0 Å². The zero-order valence-corrected chi connectivity index (χ0v) is 13.1. The zero-order valence-electron chi connectivity index (χ0n) is 11.5. The fraction of sp³-hybridized carbons (Fsp3) is 0.429. The van der Waals surface area contributed by atoms with Gasteiger partial charge in [-0.2, -0.15) is 0 Å². The van der Waals surface area contributed by atoms with E-state index in [1.165, 1.54) is 0 Å². The molecule has 0 amide bonds. The minimum atomic E-state index is -0.556. The predicted molar refractivity (Wildman–Crippen MR) is 82.8 cm³/mol. The van der Waals surface area contributed by atoms with E-state index in [0.29, 0.717) is 6.54 Å². The molecule has 0 aliphatic heterocycles. The van der Waals surface area contributed by atoms with E-state index in [1.54, 1.807) is 12.4 Å². The van der Waals surface area contributed by atoms with Crippen molar-refractivity contribution in [3.05, 3.63) is 29.0 Å². The van der Waals surface area contributed by atoms with E-state index in [1.807, 2.05) is 31.0 Å². The number of fused-ring (bicyclic) bond motifs is 1. The van der Waals surface area contributed by atoms with Gasteiger partial charge in [0.25, 0.3) is 0 Å². The Morgan fingerprint density at radius 2 is 2.00 bits per heavy atom. The van der Waals surface area contributed by atoms with Crippen LogP contribution in [0.1, 0.15) is 6.92 Å². The highest BCUT2D eigenvalue weighted by Gasteiger charge is 2.25. The summed E-state index contributed by atoms with van der Waals surface area (Å²) in [4.78, 5) is 10.7. The van der Waals surface area contributed by atoms with Crippen molar-refractivity contribution in [3.8, 4) is 0 Å². The third-order valence-corrected chi connectivity index (χ3v) is 3.75. The Kier molecular flexibility index (Phi) is 4.57. The number of aromatic nitrogens is 2. The molecule has 20 heavy (non-hydrogen) atoms. The first-order valence-corrected chi connectivity index (χ1v) is 7.11. The smallest absolute Gasteiger partial charge is 0.112 e. The van der Waals surface area contributed by atoms with Crippen molar-refractivity contribution >= 4 is 32.7 Å². The van der Waals surface area contributed by atoms with Crippen molar-refractivity contribution in [1.29, 1.82) is 0 Å². The summed E-state index contributed by atoms with van der Waals surface area (Å²) in [5.41, 5.74) is 1.98. The lowest BCUT2D eigenvalue weighted by atomic mass is 9.92. The van der Waals surface area contributed by atoms with Crippen LogP contribution < -0.4 is 4.90 Å². The molecular weight excluding hydrogens is 322 g/mol. The molecule has 0 unspecified atom stereocenters. The van der Waals surface area contributed by atoms with Gasteiger partial charge in [-0.1, -0.05) is 6.92 Å². The maximum Gasteiger partial charge on any atom is 0.112 e. The molecule has 0 fully saturated rings. The van der Waals surface area contributed by atoms with Crippen LogP contribution in [0.3, 0.4) is 0 Å². The molecule has 0 aliphatic rings. The van der Waals surface area contributed by atoms with Gasteiger partial charge < -0.3 is 15.1 Å². The lowest BCUT2D eigenvalue weighted by Gasteiger charge is -2.31. The fourth-order valence-corrected chi connectivity index (χ4v) is 2.43. The molecule has 5 nitrogen and oxygen atoms in total. The van der Waals surface area contributed by atoms with E-state index < -0.39 is 5.41 Å². The SMILES string of the molecule is CN(CC(C)(CO)CO)c1ccnc2cc(Br)cnc12. The average Bonchev–Trinajstić information content (AvgIpc) is 2.46. The number of halogens is 1. The van der Waals surface area contributed by atoms with Gasteiger partial charge in [-0.3, -0.25) is 9.97 Å². The first-order chi connectivity index (χ1) is 9.49. The topological polar surface area (TPSA) is 69.5 Å². The van der Waals surface area contributed by atoms with Gasteiger partial charge in [-0.25, -0.2) is 0 Å². The molecule has 2 heterocycles. The highest BCUT2D eigenvalue weighted by Crippen LogP contribution is 2.27. The second-order valence-electron chi connectivity index (χ2n) is 5.33. The quantitative estimate of drug-likeness (QED) is 0.869. The third kappa shape index (κ3) is 3.08. The molecule has 0 radical (unpaired) electrons. The van der Waals surface area contributed by atoms with Crippen LogP contribution in [-0.4, -0.2) is 47.0 Å². The van der Waals surface area contributed by atoms with E-state index in [0.717, 1.165) is 21.2 Å². The van der Waals surface area contributed by atoms with Gasteiger partial charge >= 0.3 is 0 Å². The molecule has 0 atom stereocenters. The number of aliphatic hydroxyl groups is 2. The Morgan fingerprint density at radius 3 is 2.65 bits per heavy atom. The zero-order chi connectivity index (χ0) is 14.8. The Bertz CT molecular complexity index is 602. The highest BCUT2D eigenvalue weighted by atomic mass is 79.9. The molecule has 0 aromatic carbocycles. The maximum absolute atomic E-state index is 9.41. The van der Waals surface area contributed by atoms with E-state index in [-0.39, 0.29) is 13.2 Å². The van der Waals surface area contributed by atoms with Gasteiger partial charge in [-0.05, 0) is 28.1 Å². The summed E-state index contributed by atoms with van der Waals surface area (Å²) in [5.74, 6) is 0. The van der Waals surface area contributed by atoms with Gasteiger partial charge in [0.2, 0.25) is 0 Å². The molecule has 0 spiro atoms. The number of rotatable bonds is 5. The first-order valence-electron chi connectivity index (χ1n) is 6.32. The maximum atomic E-state index is 9.41. The molecule has 0 aliphatic carbocycles. The molecule has 108 valence electrons. The number of pyridine rings is 2. The number of hydrogen-bond acceptors (Lipinski definition) is 5. The molecule has 2 N–H and O–H groups in total. The van der Waals surface area contributed by atoms with Gasteiger partial charge in [0.15, 0.2) is 0 Å². The van der Waals surface area contributed by atoms with Gasteiger partial charge in [0.1, 0.15) is 5.52 Å². The second kappa shape index (κ2) is 6.03. The molecule has 6 heteroatoms. The van der Waals surface area contributed by atoms with E-state index >= 15 is 0 Å². The number of nitrogens with zero attached hydrogens (tertiary/aromatic N) is 3. The molecule has 0 bridgehead atoms. The summed E-state index contributed by atoms with van der Waals surface area (Å²) in [6, 6.07) is 3.80. The standard InChI is InChI=1S/C14H18BrN3O2/c1-14(8-19,9-20)7-18(2)12-3-4-16-11-5-10(15)6-17-13(11)12/h3-6,19-20H,7-9H2,1-2H3. The normalized spacial score (nSPS) is 11.8.